The summed E-state index contributed by atoms with van der Waals surface area (Å²) >= 11 is 0. The third-order valence-corrected chi connectivity index (χ3v) is 8.28. The number of alkyl halides is 3. The summed E-state index contributed by atoms with van der Waals surface area (Å²) in [4.78, 5) is 20.2. The van der Waals surface area contributed by atoms with Crippen LogP contribution >= 0.6 is 0 Å². The van der Waals surface area contributed by atoms with Crippen molar-refractivity contribution in [1.82, 2.24) is 24.9 Å². The maximum atomic E-state index is 14.3. The molecule has 204 valence electrons. The lowest BCUT2D eigenvalue weighted by molar-refractivity contribution is -0.136. The van der Waals surface area contributed by atoms with E-state index in [1.165, 1.54) is 36.7 Å². The van der Waals surface area contributed by atoms with Gasteiger partial charge in [0.2, 0.25) is 0 Å². The van der Waals surface area contributed by atoms with Gasteiger partial charge >= 0.3 is 6.18 Å². The Bertz CT molecular complexity index is 1080. The van der Waals surface area contributed by atoms with Gasteiger partial charge in [0.25, 0.3) is 5.91 Å². The van der Waals surface area contributed by atoms with E-state index >= 15 is 0 Å². The lowest BCUT2D eigenvalue weighted by Gasteiger charge is -2.33. The number of nitrogens with one attached hydrogen (secondary N) is 1. The largest absolute Gasteiger partial charge is 0.417 e. The first-order chi connectivity index (χ1) is 17.8. The fourth-order valence-corrected chi connectivity index (χ4v) is 6.11. The number of fused-ring (bicyclic) bond motifs is 1. The third kappa shape index (κ3) is 6.06. The number of piperidine rings is 1. The summed E-state index contributed by atoms with van der Waals surface area (Å²) < 4.78 is 44.3. The van der Waals surface area contributed by atoms with Crippen molar-refractivity contribution in [2.24, 2.45) is 7.05 Å². The lowest BCUT2D eigenvalue weighted by Crippen LogP contribution is -2.46. The quantitative estimate of drug-likeness (QED) is 0.617. The zero-order valence-electron chi connectivity index (χ0n) is 21.8. The van der Waals surface area contributed by atoms with E-state index in [4.69, 9.17) is 0 Å². The van der Waals surface area contributed by atoms with Crippen LogP contribution in [0.1, 0.15) is 67.4 Å². The molecule has 0 aliphatic carbocycles. The van der Waals surface area contributed by atoms with Crippen LogP contribution in [-0.4, -0.2) is 83.9 Å². The Morgan fingerprint density at radius 1 is 0.919 bits per heavy atom. The number of carbonyl (C=O) groups excluding carboxylic acids is 1. The zero-order chi connectivity index (χ0) is 26.0. The molecule has 0 atom stereocenters. The Balaban J connectivity index is 1.31. The molecule has 0 radical (unpaired) electrons. The minimum atomic E-state index is -4.58. The molecule has 0 unspecified atom stereocenters. The molecular formula is C27H39F3N6O. The van der Waals surface area contributed by atoms with Crippen molar-refractivity contribution in [2.45, 2.75) is 63.6 Å². The highest BCUT2D eigenvalue weighted by Gasteiger charge is 2.37. The van der Waals surface area contributed by atoms with Gasteiger partial charge in [-0.05, 0) is 63.7 Å². The van der Waals surface area contributed by atoms with Crippen molar-refractivity contribution >= 4 is 22.5 Å². The van der Waals surface area contributed by atoms with Gasteiger partial charge in [-0.3, -0.25) is 9.48 Å². The van der Waals surface area contributed by atoms with Crippen LogP contribution in [0.3, 0.4) is 0 Å². The topological polar surface area (TPSA) is 56.6 Å². The van der Waals surface area contributed by atoms with Crippen LogP contribution < -0.4 is 10.2 Å². The second kappa shape index (κ2) is 11.2. The summed E-state index contributed by atoms with van der Waals surface area (Å²) in [5.41, 5.74) is -0.0168. The first-order valence-corrected chi connectivity index (χ1v) is 13.9. The van der Waals surface area contributed by atoms with E-state index in [9.17, 15) is 18.0 Å². The van der Waals surface area contributed by atoms with Crippen molar-refractivity contribution in [3.05, 3.63) is 23.4 Å². The molecule has 5 rings (SSSR count). The van der Waals surface area contributed by atoms with Gasteiger partial charge in [-0.2, -0.15) is 18.3 Å². The van der Waals surface area contributed by atoms with Crippen LogP contribution in [0.25, 0.3) is 10.9 Å². The number of hydrogen-bond donors (Lipinski definition) is 1. The van der Waals surface area contributed by atoms with Crippen LogP contribution in [-0.2, 0) is 13.2 Å². The summed E-state index contributed by atoms with van der Waals surface area (Å²) in [5, 5.41) is 7.18. The molecule has 1 amide bonds. The molecule has 37 heavy (non-hydrogen) atoms. The first-order valence-electron chi connectivity index (χ1n) is 13.9. The second-order valence-corrected chi connectivity index (χ2v) is 10.9. The van der Waals surface area contributed by atoms with Crippen LogP contribution in [0.2, 0.25) is 0 Å². The highest BCUT2D eigenvalue weighted by molar-refractivity contribution is 6.07. The molecule has 2 aromatic rings. The minimum absolute atomic E-state index is 0.0571. The number of carbonyl (C=O) groups is 1. The maximum Gasteiger partial charge on any atom is 0.417 e. The molecule has 0 saturated carbocycles. The summed E-state index contributed by atoms with van der Waals surface area (Å²) in [6.45, 7) is 7.73. The number of rotatable bonds is 6. The minimum Gasteiger partial charge on any atom is -0.371 e. The summed E-state index contributed by atoms with van der Waals surface area (Å²) in [6.07, 6.45) is 3.70. The highest BCUT2D eigenvalue weighted by Crippen LogP contribution is 2.39. The summed E-state index contributed by atoms with van der Waals surface area (Å²) in [5.74, 6) is -0.519. The summed E-state index contributed by atoms with van der Waals surface area (Å²) in [6, 6.07) is 2.92. The Morgan fingerprint density at radius 3 is 2.14 bits per heavy atom. The van der Waals surface area contributed by atoms with Gasteiger partial charge in [0, 0.05) is 63.4 Å². The normalized spacial score (nSPS) is 21.0. The predicted octanol–water partition coefficient (Wildman–Crippen LogP) is 4.26. The first kappa shape index (κ1) is 26.3. The number of aromatic nitrogens is 2. The average Bonchev–Trinajstić information content (AvgIpc) is 3.41. The SMILES string of the molecule is Cn1nc(C(=O)NC2CCN(CCN3CCCC3)CC2)c2c(C(F)(F)F)cc(N3CCCCCC3)cc21. The molecule has 1 N–H and O–H groups in total. The number of halogens is 3. The number of amides is 1. The summed E-state index contributed by atoms with van der Waals surface area (Å²) in [7, 11) is 1.62. The fraction of sp³-hybridized carbons (Fsp3) is 0.704. The molecular weight excluding hydrogens is 481 g/mol. The van der Waals surface area contributed by atoms with Gasteiger partial charge < -0.3 is 20.0 Å². The van der Waals surface area contributed by atoms with E-state index in [0.717, 1.165) is 77.8 Å². The van der Waals surface area contributed by atoms with E-state index in [1.54, 1.807) is 13.1 Å². The predicted molar refractivity (Wildman–Crippen MR) is 139 cm³/mol. The number of anilines is 1. The lowest BCUT2D eigenvalue weighted by atomic mass is 10.0. The Morgan fingerprint density at radius 2 is 1.51 bits per heavy atom. The smallest absolute Gasteiger partial charge is 0.371 e. The standard InChI is InChI=1S/C27H39F3N6O/c1-33-23-19-21(36-12-4-2-3-5-13-36)18-22(27(28,29)30)24(23)25(32-33)26(37)31-20-8-14-35(15-9-20)17-16-34-10-6-7-11-34/h18-20H,2-17H2,1H3,(H,31,37). The van der Waals surface area contributed by atoms with Gasteiger partial charge in [-0.25, -0.2) is 0 Å². The monoisotopic (exact) mass is 520 g/mol. The molecule has 4 heterocycles. The molecule has 10 heteroatoms. The van der Waals surface area contributed by atoms with Crippen LogP contribution in [0.4, 0.5) is 18.9 Å². The average molecular weight is 521 g/mol. The molecule has 3 aliphatic heterocycles. The van der Waals surface area contributed by atoms with Crippen LogP contribution in [0.15, 0.2) is 12.1 Å². The Hall–Kier alpha value is -2.33. The zero-order valence-corrected chi connectivity index (χ0v) is 21.8. The van der Waals surface area contributed by atoms with Gasteiger partial charge in [-0.15, -0.1) is 0 Å². The number of nitrogens with zero attached hydrogens (tertiary/aromatic N) is 5. The second-order valence-electron chi connectivity index (χ2n) is 10.9. The van der Waals surface area contributed by atoms with Crippen molar-refractivity contribution in [3.63, 3.8) is 0 Å². The maximum absolute atomic E-state index is 14.3. The Labute approximate surface area is 216 Å². The van der Waals surface area contributed by atoms with Crippen molar-refractivity contribution in [2.75, 3.05) is 57.3 Å². The molecule has 1 aromatic carbocycles. The third-order valence-electron chi connectivity index (χ3n) is 8.28. The van der Waals surface area contributed by atoms with Gasteiger partial charge in [0.15, 0.2) is 5.69 Å². The van der Waals surface area contributed by atoms with Crippen molar-refractivity contribution in [1.29, 1.82) is 0 Å². The molecule has 3 fully saturated rings. The van der Waals surface area contributed by atoms with E-state index in [-0.39, 0.29) is 17.1 Å². The molecule has 0 spiro atoms. The van der Waals surface area contributed by atoms with Crippen molar-refractivity contribution < 1.29 is 18.0 Å². The fourth-order valence-electron chi connectivity index (χ4n) is 6.11. The van der Waals surface area contributed by atoms with E-state index < -0.39 is 17.6 Å². The van der Waals surface area contributed by atoms with Crippen molar-refractivity contribution in [3.8, 4) is 0 Å². The van der Waals surface area contributed by atoms with Gasteiger partial charge in [0.1, 0.15) is 0 Å². The number of benzene rings is 1. The molecule has 0 bridgehead atoms. The molecule has 3 saturated heterocycles. The molecule has 3 aliphatic rings. The van der Waals surface area contributed by atoms with Gasteiger partial charge in [0.05, 0.1) is 11.1 Å². The van der Waals surface area contributed by atoms with Crippen LogP contribution in [0.5, 0.6) is 0 Å². The van der Waals surface area contributed by atoms with E-state index in [0.29, 0.717) is 11.2 Å². The highest BCUT2D eigenvalue weighted by atomic mass is 19.4. The van der Waals surface area contributed by atoms with E-state index in [1.807, 2.05) is 4.90 Å². The molecule has 1 aromatic heterocycles. The Kier molecular flexibility index (Phi) is 7.95. The molecule has 7 nitrogen and oxygen atoms in total. The number of hydrogen-bond acceptors (Lipinski definition) is 5. The number of likely N-dealkylation sites (tertiary alicyclic amines) is 2. The van der Waals surface area contributed by atoms with Crippen LogP contribution in [0, 0.1) is 0 Å². The number of aryl methyl sites for hydroxylation is 1. The van der Waals surface area contributed by atoms with Gasteiger partial charge in [-0.1, -0.05) is 12.8 Å². The van der Waals surface area contributed by atoms with E-state index in [2.05, 4.69) is 20.2 Å².